The molecule has 184 valence electrons. The van der Waals surface area contributed by atoms with Crippen molar-refractivity contribution >= 4 is 43.9 Å². The average molecular weight is 604 g/mol. The van der Waals surface area contributed by atoms with Crippen LogP contribution in [-0.2, 0) is 25.2 Å². The number of imidazole rings is 1. The highest BCUT2D eigenvalue weighted by Gasteiger charge is 2.41. The van der Waals surface area contributed by atoms with Crippen LogP contribution in [0, 0.1) is 5.92 Å². The summed E-state index contributed by atoms with van der Waals surface area (Å²) in [6, 6.07) is 0. The number of hydrogen-bond acceptors (Lipinski definition) is 5. The highest BCUT2D eigenvalue weighted by molar-refractivity contribution is 9.25. The number of carbonyl (C=O) groups excluding carboxylic acids is 2. The molecule has 1 aromatic rings. The van der Waals surface area contributed by atoms with Crippen LogP contribution in [0.15, 0.2) is 6.20 Å². The van der Waals surface area contributed by atoms with Crippen LogP contribution in [0.4, 0.5) is 26.3 Å². The lowest BCUT2D eigenvalue weighted by Gasteiger charge is -2.19. The van der Waals surface area contributed by atoms with E-state index in [1.807, 2.05) is 0 Å². The molecule has 2 aliphatic heterocycles. The Morgan fingerprint density at radius 2 is 1.53 bits per heavy atom. The van der Waals surface area contributed by atoms with Gasteiger partial charge in [-0.1, -0.05) is 31.9 Å². The number of Topliss-reactive ketones (excluding diaryl/α,β-unsaturated/α-hetero) is 1. The van der Waals surface area contributed by atoms with Gasteiger partial charge >= 0.3 is 12.4 Å². The number of aromatic nitrogens is 2. The number of carbonyl (C=O) groups is 2. The van der Waals surface area contributed by atoms with E-state index in [1.165, 1.54) is 0 Å². The number of ketones is 1. The minimum Gasteiger partial charge on any atom is -0.381 e. The molecule has 3 heterocycles. The van der Waals surface area contributed by atoms with Crippen molar-refractivity contribution < 1.29 is 45.4 Å². The quantitative estimate of drug-likeness (QED) is 0.293. The smallest absolute Gasteiger partial charge is 0.381 e. The molecule has 0 bridgehead atoms. The summed E-state index contributed by atoms with van der Waals surface area (Å²) in [5.74, 6) is -1.06. The zero-order valence-corrected chi connectivity index (χ0v) is 19.8. The normalized spacial score (nSPS) is 18.3. The van der Waals surface area contributed by atoms with Gasteiger partial charge in [0.1, 0.15) is 21.5 Å². The summed E-state index contributed by atoms with van der Waals surface area (Å²) in [6.07, 6.45) is -3.91. The van der Waals surface area contributed by atoms with E-state index in [2.05, 4.69) is 41.8 Å². The van der Waals surface area contributed by atoms with Crippen molar-refractivity contribution in [2.45, 2.75) is 47.7 Å². The number of ether oxygens (including phenoxy) is 2. The van der Waals surface area contributed by atoms with Gasteiger partial charge in [-0.3, -0.25) is 4.79 Å². The van der Waals surface area contributed by atoms with E-state index in [4.69, 9.17) is 9.47 Å². The maximum absolute atomic E-state index is 12.3. The third-order valence-electron chi connectivity index (χ3n) is 4.44. The molecule has 0 saturated carbocycles. The fraction of sp³-hybridized carbons (Fsp3) is 0.722. The van der Waals surface area contributed by atoms with Crippen molar-refractivity contribution in [2.75, 3.05) is 26.4 Å². The molecule has 1 N–H and O–H groups in total. The fourth-order valence-electron chi connectivity index (χ4n) is 2.63. The number of H-pyrrole nitrogens is 1. The van der Waals surface area contributed by atoms with E-state index in [0.717, 1.165) is 51.4 Å². The number of alkyl halides is 8. The Morgan fingerprint density at radius 1 is 1.03 bits per heavy atom. The second kappa shape index (κ2) is 13.7. The lowest BCUT2D eigenvalue weighted by molar-refractivity contribution is -0.168. The summed E-state index contributed by atoms with van der Waals surface area (Å²) in [6.45, 7) is 2.71. The second-order valence-electron chi connectivity index (χ2n) is 6.82. The van der Waals surface area contributed by atoms with Crippen LogP contribution < -0.4 is 0 Å². The maximum atomic E-state index is 12.3. The standard InChI is InChI=1S/C9H11F3N2O.C6H10O2.C3HBr2F3O/c10-9(11,12)7-5-13-8(14-7)6-1-3-15-4-2-6;7-5-6-1-3-8-4-2-6;4-2(5)1(9)3(6,7)8/h5-6H,1-4H2,(H,13,14);5-6H,1-4H2;2H. The van der Waals surface area contributed by atoms with Crippen molar-refractivity contribution in [2.24, 2.45) is 5.92 Å². The van der Waals surface area contributed by atoms with Crippen LogP contribution in [0.1, 0.15) is 43.1 Å². The molecule has 2 fully saturated rings. The maximum Gasteiger partial charge on any atom is 0.452 e. The molecule has 0 aromatic carbocycles. The Balaban J connectivity index is 0.000000260. The number of hydrogen-bond donors (Lipinski definition) is 1. The van der Waals surface area contributed by atoms with Gasteiger partial charge in [0.15, 0.2) is 0 Å². The first-order valence-electron chi connectivity index (χ1n) is 9.48. The number of halogens is 8. The Hall–Kier alpha value is -0.990. The molecule has 0 atom stereocenters. The average Bonchev–Trinajstić information content (AvgIpc) is 3.26. The summed E-state index contributed by atoms with van der Waals surface area (Å²) in [4.78, 5) is 26.2. The third-order valence-corrected chi connectivity index (χ3v) is 5.28. The molecule has 0 amide bonds. The molecule has 3 rings (SSSR count). The topological polar surface area (TPSA) is 81.3 Å². The van der Waals surface area contributed by atoms with Gasteiger partial charge in [-0.25, -0.2) is 4.98 Å². The van der Waals surface area contributed by atoms with Crippen LogP contribution >= 0.6 is 31.9 Å². The summed E-state index contributed by atoms with van der Waals surface area (Å²) < 4.78 is 79.5. The van der Waals surface area contributed by atoms with Crippen LogP contribution in [0.5, 0.6) is 0 Å². The van der Waals surface area contributed by atoms with Crippen molar-refractivity contribution in [1.82, 2.24) is 9.97 Å². The van der Waals surface area contributed by atoms with Crippen molar-refractivity contribution in [3.05, 3.63) is 17.7 Å². The highest BCUT2D eigenvalue weighted by atomic mass is 79.9. The van der Waals surface area contributed by atoms with Crippen LogP contribution in [0.3, 0.4) is 0 Å². The Labute approximate surface area is 197 Å². The predicted molar refractivity (Wildman–Crippen MR) is 109 cm³/mol. The first kappa shape index (κ1) is 29.0. The molecule has 6 nitrogen and oxygen atoms in total. The van der Waals surface area contributed by atoms with Gasteiger partial charge in [-0.15, -0.1) is 0 Å². The van der Waals surface area contributed by atoms with Crippen LogP contribution in [-0.4, -0.2) is 58.4 Å². The van der Waals surface area contributed by atoms with E-state index in [9.17, 15) is 35.9 Å². The van der Waals surface area contributed by atoms with Gasteiger partial charge in [0, 0.05) is 38.3 Å². The molecular formula is C18H22Br2F6N2O4. The molecule has 1 aromatic heterocycles. The van der Waals surface area contributed by atoms with Gasteiger partial charge in [-0.05, 0) is 25.7 Å². The van der Waals surface area contributed by atoms with E-state index >= 15 is 0 Å². The molecule has 0 radical (unpaired) electrons. The zero-order chi connectivity index (χ0) is 24.4. The van der Waals surface area contributed by atoms with Gasteiger partial charge in [0.05, 0.1) is 6.20 Å². The number of nitrogens with zero attached hydrogens (tertiary/aromatic N) is 1. The van der Waals surface area contributed by atoms with Crippen LogP contribution in [0.25, 0.3) is 0 Å². The predicted octanol–water partition coefficient (Wildman–Crippen LogP) is 5.17. The molecular weight excluding hydrogens is 582 g/mol. The van der Waals surface area contributed by atoms with E-state index in [-0.39, 0.29) is 11.8 Å². The Bertz CT molecular complexity index is 700. The van der Waals surface area contributed by atoms with Gasteiger partial charge < -0.3 is 19.3 Å². The number of rotatable bonds is 3. The van der Waals surface area contributed by atoms with E-state index in [1.54, 1.807) is 0 Å². The Morgan fingerprint density at radius 3 is 1.84 bits per heavy atom. The highest BCUT2D eigenvalue weighted by Crippen LogP contribution is 2.31. The summed E-state index contributed by atoms with van der Waals surface area (Å²) in [5.41, 5.74) is -0.774. The summed E-state index contributed by atoms with van der Waals surface area (Å²) in [7, 11) is 0. The zero-order valence-electron chi connectivity index (χ0n) is 16.6. The molecule has 0 aliphatic carbocycles. The van der Waals surface area contributed by atoms with Gasteiger partial charge in [0.25, 0.3) is 5.78 Å². The number of nitrogens with one attached hydrogen (secondary N) is 1. The molecule has 0 spiro atoms. The molecule has 0 unspecified atom stereocenters. The second-order valence-corrected chi connectivity index (χ2v) is 9.88. The van der Waals surface area contributed by atoms with E-state index < -0.39 is 27.6 Å². The SMILES string of the molecule is FC(F)(F)c1cnc(C2CCOCC2)[nH]1.O=C(C(Br)Br)C(F)(F)F.O=CC1CCOCC1. The summed E-state index contributed by atoms with van der Waals surface area (Å²) >= 11 is 4.85. The monoisotopic (exact) mass is 602 g/mol. The third kappa shape index (κ3) is 10.8. The number of aldehydes is 1. The first-order valence-corrected chi connectivity index (χ1v) is 11.3. The van der Waals surface area contributed by atoms with Crippen LogP contribution in [0.2, 0.25) is 0 Å². The Kier molecular flexibility index (Phi) is 12.4. The lowest BCUT2D eigenvalue weighted by atomic mass is 10.00. The molecule has 2 saturated heterocycles. The minimum atomic E-state index is -4.75. The molecule has 32 heavy (non-hydrogen) atoms. The lowest BCUT2D eigenvalue weighted by Crippen LogP contribution is -2.27. The largest absolute Gasteiger partial charge is 0.452 e. The molecule has 14 heteroatoms. The van der Waals surface area contributed by atoms with Crippen molar-refractivity contribution in [3.8, 4) is 0 Å². The minimum absolute atomic E-state index is 0.0647. The molecule has 2 aliphatic rings. The van der Waals surface area contributed by atoms with Crippen molar-refractivity contribution in [3.63, 3.8) is 0 Å². The van der Waals surface area contributed by atoms with E-state index in [0.29, 0.717) is 19.0 Å². The fourth-order valence-corrected chi connectivity index (χ4v) is 3.15. The first-order chi connectivity index (χ1) is 14.9. The summed E-state index contributed by atoms with van der Waals surface area (Å²) in [5, 5.41) is 0. The van der Waals surface area contributed by atoms with Gasteiger partial charge in [0.2, 0.25) is 0 Å². The van der Waals surface area contributed by atoms with Crippen molar-refractivity contribution in [1.29, 1.82) is 0 Å². The van der Waals surface area contributed by atoms with Gasteiger partial charge in [-0.2, -0.15) is 26.3 Å². The number of aromatic amines is 1.